The molecule has 0 unspecified atom stereocenters. The molecule has 0 radical (unpaired) electrons. The summed E-state index contributed by atoms with van der Waals surface area (Å²) in [6.07, 6.45) is 3.39. The molecular formula is C19H23N3O2. The highest BCUT2D eigenvalue weighted by molar-refractivity contribution is 5.73. The number of nitrogens with one attached hydrogen (secondary N) is 1. The number of aryl methyl sites for hydroxylation is 1. The maximum absolute atomic E-state index is 12.2. The Morgan fingerprint density at radius 3 is 2.96 bits per heavy atom. The molecule has 1 aliphatic heterocycles. The summed E-state index contributed by atoms with van der Waals surface area (Å²) in [5.41, 5.74) is 3.38. The first-order chi connectivity index (χ1) is 11.6. The Morgan fingerprint density at radius 2 is 2.17 bits per heavy atom. The van der Waals surface area contributed by atoms with Gasteiger partial charge in [-0.1, -0.05) is 24.3 Å². The summed E-state index contributed by atoms with van der Waals surface area (Å²) < 4.78 is 5.89. The molecule has 126 valence electrons. The number of hydrogen-bond acceptors (Lipinski definition) is 3. The second kappa shape index (κ2) is 7.34. The summed E-state index contributed by atoms with van der Waals surface area (Å²) >= 11 is 0. The number of nitrogens with zero attached hydrogens (tertiary/aromatic N) is 2. The highest BCUT2D eigenvalue weighted by atomic mass is 16.5. The molecule has 0 saturated carbocycles. The molecule has 24 heavy (non-hydrogen) atoms. The molecule has 1 atom stereocenters. The van der Waals surface area contributed by atoms with Crippen LogP contribution >= 0.6 is 0 Å². The predicted octanol–water partition coefficient (Wildman–Crippen LogP) is 2.58. The minimum absolute atomic E-state index is 0.0242. The summed E-state index contributed by atoms with van der Waals surface area (Å²) in [6, 6.07) is 11.9. The van der Waals surface area contributed by atoms with Gasteiger partial charge in [0.2, 0.25) is 0 Å². The van der Waals surface area contributed by atoms with E-state index >= 15 is 0 Å². The van der Waals surface area contributed by atoms with Gasteiger partial charge in [0.15, 0.2) is 0 Å². The molecule has 2 heterocycles. The Kier molecular flexibility index (Phi) is 4.99. The number of carbonyl (C=O) groups is 1. The van der Waals surface area contributed by atoms with Crippen LogP contribution < -0.4 is 10.1 Å². The lowest BCUT2D eigenvalue weighted by Crippen LogP contribution is -2.43. The number of ether oxygens (including phenoxy) is 1. The molecule has 3 rings (SSSR count). The number of hydrogen-bond donors (Lipinski definition) is 1. The third-order valence-corrected chi connectivity index (χ3v) is 4.29. The topological polar surface area (TPSA) is 54.5 Å². The van der Waals surface area contributed by atoms with E-state index in [1.54, 1.807) is 18.1 Å². The van der Waals surface area contributed by atoms with Crippen LogP contribution in [0.3, 0.4) is 0 Å². The molecular weight excluding hydrogens is 302 g/mol. The number of urea groups is 1. The Hall–Kier alpha value is -2.56. The zero-order valence-corrected chi connectivity index (χ0v) is 14.2. The van der Waals surface area contributed by atoms with Crippen molar-refractivity contribution >= 4 is 6.03 Å². The highest BCUT2D eigenvalue weighted by Crippen LogP contribution is 2.28. The van der Waals surface area contributed by atoms with Crippen molar-refractivity contribution in [2.45, 2.75) is 25.9 Å². The largest absolute Gasteiger partial charge is 0.488 e. The summed E-state index contributed by atoms with van der Waals surface area (Å²) in [6.45, 7) is 3.18. The van der Waals surface area contributed by atoms with Crippen molar-refractivity contribution in [3.8, 4) is 5.75 Å². The smallest absolute Gasteiger partial charge is 0.317 e. The van der Waals surface area contributed by atoms with Crippen LogP contribution in [0.2, 0.25) is 0 Å². The first-order valence-corrected chi connectivity index (χ1v) is 8.27. The first kappa shape index (κ1) is 16.3. The van der Waals surface area contributed by atoms with E-state index in [9.17, 15) is 4.79 Å². The van der Waals surface area contributed by atoms with E-state index in [0.717, 1.165) is 29.8 Å². The average molecular weight is 325 g/mol. The zero-order valence-electron chi connectivity index (χ0n) is 14.2. The predicted molar refractivity (Wildman–Crippen MR) is 93.3 cm³/mol. The van der Waals surface area contributed by atoms with Gasteiger partial charge in [-0.3, -0.25) is 4.98 Å². The summed E-state index contributed by atoms with van der Waals surface area (Å²) in [5.74, 6) is 0.932. The van der Waals surface area contributed by atoms with Gasteiger partial charge in [-0.15, -0.1) is 0 Å². The molecule has 0 aliphatic carbocycles. The van der Waals surface area contributed by atoms with Gasteiger partial charge < -0.3 is 15.0 Å². The number of likely N-dealkylation sites (N-methyl/N-ethyl adjacent to an activating group) is 1. The van der Waals surface area contributed by atoms with Crippen LogP contribution in [0.5, 0.6) is 5.75 Å². The number of fused-ring (bicyclic) bond motifs is 1. The molecule has 0 saturated heterocycles. The Labute approximate surface area is 142 Å². The average Bonchev–Trinajstić information content (AvgIpc) is 2.98. The Balaban J connectivity index is 1.43. The maximum Gasteiger partial charge on any atom is 0.317 e. The van der Waals surface area contributed by atoms with Gasteiger partial charge in [0.25, 0.3) is 0 Å². The Bertz CT molecular complexity index is 692. The van der Waals surface area contributed by atoms with Crippen molar-refractivity contribution in [3.05, 3.63) is 59.4 Å². The van der Waals surface area contributed by atoms with E-state index in [1.165, 1.54) is 5.56 Å². The summed E-state index contributed by atoms with van der Waals surface area (Å²) in [7, 11) is 1.80. The number of para-hydroxylation sites is 1. The molecule has 1 aliphatic rings. The van der Waals surface area contributed by atoms with E-state index in [2.05, 4.69) is 16.4 Å². The normalized spacial score (nSPS) is 15.5. The van der Waals surface area contributed by atoms with Gasteiger partial charge in [0.1, 0.15) is 11.9 Å². The van der Waals surface area contributed by atoms with Gasteiger partial charge in [-0.25, -0.2) is 4.79 Å². The maximum atomic E-state index is 12.2. The van der Waals surface area contributed by atoms with Gasteiger partial charge in [-0.05, 0) is 30.2 Å². The molecule has 2 aromatic rings. The summed E-state index contributed by atoms with van der Waals surface area (Å²) in [5, 5.41) is 2.94. The monoisotopic (exact) mass is 325 g/mol. The molecule has 5 nitrogen and oxygen atoms in total. The van der Waals surface area contributed by atoms with Crippen molar-refractivity contribution in [2.24, 2.45) is 0 Å². The van der Waals surface area contributed by atoms with Gasteiger partial charge >= 0.3 is 6.03 Å². The van der Waals surface area contributed by atoms with Gasteiger partial charge in [-0.2, -0.15) is 0 Å². The fourth-order valence-corrected chi connectivity index (χ4v) is 2.95. The number of benzene rings is 1. The lowest BCUT2D eigenvalue weighted by molar-refractivity contribution is 0.164. The van der Waals surface area contributed by atoms with Crippen LogP contribution in [0.4, 0.5) is 4.79 Å². The molecule has 1 N–H and O–H groups in total. The van der Waals surface area contributed by atoms with Crippen LogP contribution in [0.1, 0.15) is 16.8 Å². The van der Waals surface area contributed by atoms with Gasteiger partial charge in [0.05, 0.1) is 6.54 Å². The molecule has 1 aromatic heterocycles. The minimum Gasteiger partial charge on any atom is -0.488 e. The van der Waals surface area contributed by atoms with Crippen molar-refractivity contribution < 1.29 is 9.53 Å². The number of pyridine rings is 1. The van der Waals surface area contributed by atoms with E-state index in [1.807, 2.05) is 37.3 Å². The van der Waals surface area contributed by atoms with Crippen molar-refractivity contribution in [3.63, 3.8) is 0 Å². The van der Waals surface area contributed by atoms with Crippen LogP contribution in [0, 0.1) is 6.92 Å². The fraction of sp³-hybridized carbons (Fsp3) is 0.368. The third kappa shape index (κ3) is 3.85. The lowest BCUT2D eigenvalue weighted by Gasteiger charge is -2.21. The molecule has 5 heteroatoms. The van der Waals surface area contributed by atoms with Crippen molar-refractivity contribution in [1.29, 1.82) is 0 Å². The number of rotatable bonds is 5. The van der Waals surface area contributed by atoms with Crippen molar-refractivity contribution in [1.82, 2.24) is 15.2 Å². The molecule has 0 fully saturated rings. The van der Waals surface area contributed by atoms with Crippen LogP contribution in [-0.4, -0.2) is 42.2 Å². The van der Waals surface area contributed by atoms with Gasteiger partial charge in [0, 0.05) is 38.3 Å². The second-order valence-electron chi connectivity index (χ2n) is 6.18. The molecule has 1 aromatic carbocycles. The molecule has 2 amide bonds. The van der Waals surface area contributed by atoms with Crippen molar-refractivity contribution in [2.75, 3.05) is 20.1 Å². The first-order valence-electron chi connectivity index (χ1n) is 8.27. The lowest BCUT2D eigenvalue weighted by atomic mass is 10.1. The fourth-order valence-electron chi connectivity index (χ4n) is 2.95. The van der Waals surface area contributed by atoms with Crippen LogP contribution in [0.25, 0.3) is 0 Å². The van der Waals surface area contributed by atoms with E-state index < -0.39 is 0 Å². The second-order valence-corrected chi connectivity index (χ2v) is 6.18. The van der Waals surface area contributed by atoms with E-state index in [0.29, 0.717) is 13.1 Å². The Morgan fingerprint density at radius 1 is 1.33 bits per heavy atom. The number of amides is 2. The molecule has 0 bridgehead atoms. The SMILES string of the molecule is Cc1cccnc1CCNC(=O)N(C)C[C@@H]1Cc2ccccc2O1. The van der Waals surface area contributed by atoms with Crippen LogP contribution in [0.15, 0.2) is 42.6 Å². The third-order valence-electron chi connectivity index (χ3n) is 4.29. The summed E-state index contributed by atoms with van der Waals surface area (Å²) in [4.78, 5) is 18.2. The van der Waals surface area contributed by atoms with Crippen LogP contribution in [-0.2, 0) is 12.8 Å². The number of carbonyl (C=O) groups excluding carboxylic acids is 1. The number of aromatic nitrogens is 1. The zero-order chi connectivity index (χ0) is 16.9. The standard InChI is InChI=1S/C19H23N3O2/c1-14-6-5-10-20-17(14)9-11-21-19(23)22(2)13-16-12-15-7-3-4-8-18(15)24-16/h3-8,10,16H,9,11-13H2,1-2H3,(H,21,23)/t16-/m0/s1. The molecule has 0 spiro atoms. The highest BCUT2D eigenvalue weighted by Gasteiger charge is 2.24. The quantitative estimate of drug-likeness (QED) is 0.919. The minimum atomic E-state index is -0.0804. The van der Waals surface area contributed by atoms with E-state index in [4.69, 9.17) is 4.74 Å². The van der Waals surface area contributed by atoms with E-state index in [-0.39, 0.29) is 12.1 Å².